The highest BCUT2D eigenvalue weighted by Crippen LogP contribution is 2.32. The van der Waals surface area contributed by atoms with Crippen molar-refractivity contribution in [1.82, 2.24) is 10.1 Å². The Morgan fingerprint density at radius 2 is 2.07 bits per heavy atom. The number of hydrogen-bond acceptors (Lipinski definition) is 3. The fourth-order valence-corrected chi connectivity index (χ4v) is 1.60. The Hall–Kier alpha value is -0.580. The van der Waals surface area contributed by atoms with Crippen LogP contribution in [0.5, 0.6) is 0 Å². The molecular weight excluding hydrogens is 291 g/mol. The van der Waals surface area contributed by atoms with Gasteiger partial charge in [-0.05, 0) is 33.2 Å². The minimum atomic E-state index is 0.337. The van der Waals surface area contributed by atoms with E-state index < -0.39 is 0 Å². The van der Waals surface area contributed by atoms with Crippen LogP contribution >= 0.6 is 39.1 Å². The molecule has 72 valence electrons. The van der Waals surface area contributed by atoms with E-state index in [1.54, 1.807) is 18.2 Å². The van der Waals surface area contributed by atoms with Gasteiger partial charge in [0.2, 0.25) is 4.73 Å². The zero-order chi connectivity index (χ0) is 10.1. The SMILES string of the molecule is Clc1cccc(-c2nc(Br)no2)c1Cl. The van der Waals surface area contributed by atoms with E-state index in [-0.39, 0.29) is 0 Å². The molecule has 0 aliphatic carbocycles. The van der Waals surface area contributed by atoms with Crippen LogP contribution in [0.3, 0.4) is 0 Å². The molecule has 0 N–H and O–H groups in total. The third-order valence-electron chi connectivity index (χ3n) is 1.58. The first-order valence-corrected chi connectivity index (χ1v) is 5.17. The van der Waals surface area contributed by atoms with Gasteiger partial charge in [-0.15, -0.1) is 0 Å². The third kappa shape index (κ3) is 1.78. The highest BCUT2D eigenvalue weighted by Gasteiger charge is 2.12. The Morgan fingerprint density at radius 1 is 1.29 bits per heavy atom. The van der Waals surface area contributed by atoms with Crippen molar-refractivity contribution in [3.8, 4) is 11.5 Å². The number of hydrogen-bond donors (Lipinski definition) is 0. The molecule has 0 aliphatic heterocycles. The molecule has 1 aromatic heterocycles. The lowest BCUT2D eigenvalue weighted by molar-refractivity contribution is 0.426. The van der Waals surface area contributed by atoms with E-state index in [0.717, 1.165) is 0 Å². The minimum absolute atomic E-state index is 0.337. The predicted molar refractivity (Wildman–Crippen MR) is 57.5 cm³/mol. The second kappa shape index (κ2) is 3.88. The van der Waals surface area contributed by atoms with E-state index in [9.17, 15) is 0 Å². The molecule has 1 heterocycles. The number of nitrogens with zero attached hydrogens (tertiary/aromatic N) is 2. The zero-order valence-corrected chi connectivity index (χ0v) is 9.77. The van der Waals surface area contributed by atoms with Crippen molar-refractivity contribution < 1.29 is 4.52 Å². The van der Waals surface area contributed by atoms with Crippen LogP contribution in [-0.2, 0) is 0 Å². The maximum absolute atomic E-state index is 5.96. The molecule has 0 aliphatic rings. The third-order valence-corrected chi connectivity index (χ3v) is 2.72. The van der Waals surface area contributed by atoms with E-state index >= 15 is 0 Å². The van der Waals surface area contributed by atoms with Crippen LogP contribution in [-0.4, -0.2) is 10.1 Å². The lowest BCUT2D eigenvalue weighted by Crippen LogP contribution is -1.79. The van der Waals surface area contributed by atoms with Gasteiger partial charge in [-0.1, -0.05) is 29.3 Å². The first-order chi connectivity index (χ1) is 6.68. The van der Waals surface area contributed by atoms with Gasteiger partial charge in [-0.3, -0.25) is 0 Å². The summed E-state index contributed by atoms with van der Waals surface area (Å²) in [6.07, 6.45) is 0. The summed E-state index contributed by atoms with van der Waals surface area (Å²) in [4.78, 5) is 3.98. The Kier molecular flexibility index (Phi) is 2.76. The molecule has 2 rings (SSSR count). The monoisotopic (exact) mass is 292 g/mol. The summed E-state index contributed by atoms with van der Waals surface area (Å²) in [5.41, 5.74) is 0.623. The molecule has 0 saturated carbocycles. The Bertz CT molecular complexity index is 472. The van der Waals surface area contributed by atoms with Crippen molar-refractivity contribution in [2.75, 3.05) is 0 Å². The van der Waals surface area contributed by atoms with Crippen molar-refractivity contribution >= 4 is 39.1 Å². The van der Waals surface area contributed by atoms with Crippen molar-refractivity contribution in [2.45, 2.75) is 0 Å². The predicted octanol–water partition coefficient (Wildman–Crippen LogP) is 3.81. The lowest BCUT2D eigenvalue weighted by atomic mass is 10.2. The molecule has 0 unspecified atom stereocenters. The van der Waals surface area contributed by atoms with Crippen LogP contribution in [0.4, 0.5) is 0 Å². The lowest BCUT2D eigenvalue weighted by Gasteiger charge is -1.99. The average molecular weight is 294 g/mol. The molecule has 6 heteroatoms. The van der Waals surface area contributed by atoms with Crippen LogP contribution < -0.4 is 0 Å². The molecule has 0 bridgehead atoms. The van der Waals surface area contributed by atoms with Gasteiger partial charge in [-0.25, -0.2) is 0 Å². The van der Waals surface area contributed by atoms with E-state index in [1.165, 1.54) is 0 Å². The summed E-state index contributed by atoms with van der Waals surface area (Å²) in [6.45, 7) is 0. The van der Waals surface area contributed by atoms with Gasteiger partial charge in [0.1, 0.15) is 0 Å². The van der Waals surface area contributed by atoms with E-state index in [1.807, 2.05) is 0 Å². The summed E-state index contributed by atoms with van der Waals surface area (Å²) >= 11 is 14.9. The molecule has 2 aromatic rings. The van der Waals surface area contributed by atoms with Gasteiger partial charge in [0.05, 0.1) is 15.6 Å². The number of rotatable bonds is 1. The van der Waals surface area contributed by atoms with Gasteiger partial charge in [0.25, 0.3) is 5.89 Å². The number of aromatic nitrogens is 2. The summed E-state index contributed by atoms with van der Waals surface area (Å²) in [5, 5.41) is 4.46. The fourth-order valence-electron chi connectivity index (χ4n) is 0.984. The molecule has 14 heavy (non-hydrogen) atoms. The molecule has 0 amide bonds. The molecule has 0 saturated heterocycles. The highest BCUT2D eigenvalue weighted by molar-refractivity contribution is 9.10. The summed E-state index contributed by atoms with van der Waals surface area (Å²) < 4.78 is 5.31. The van der Waals surface area contributed by atoms with Gasteiger partial charge in [0.15, 0.2) is 0 Å². The van der Waals surface area contributed by atoms with Crippen LogP contribution in [0.2, 0.25) is 10.0 Å². The number of halogens is 3. The van der Waals surface area contributed by atoms with Crippen molar-refractivity contribution in [2.24, 2.45) is 0 Å². The second-order valence-corrected chi connectivity index (χ2v) is 3.96. The molecule has 1 aromatic carbocycles. The van der Waals surface area contributed by atoms with Crippen LogP contribution in [0.1, 0.15) is 0 Å². The van der Waals surface area contributed by atoms with Gasteiger partial charge < -0.3 is 4.52 Å². The summed E-state index contributed by atoms with van der Waals surface area (Å²) in [6, 6.07) is 5.22. The first kappa shape index (κ1) is 9.96. The quantitative estimate of drug-likeness (QED) is 0.802. The number of benzene rings is 1. The normalized spacial score (nSPS) is 10.5. The average Bonchev–Trinajstić information content (AvgIpc) is 2.57. The molecule has 0 radical (unpaired) electrons. The van der Waals surface area contributed by atoms with Crippen molar-refractivity contribution in [3.05, 3.63) is 33.0 Å². The Labute approximate surface area is 98.1 Å². The van der Waals surface area contributed by atoms with Crippen LogP contribution in [0.15, 0.2) is 27.5 Å². The molecule has 3 nitrogen and oxygen atoms in total. The van der Waals surface area contributed by atoms with E-state index in [2.05, 4.69) is 26.1 Å². The van der Waals surface area contributed by atoms with Crippen molar-refractivity contribution in [1.29, 1.82) is 0 Å². The smallest absolute Gasteiger partial charge is 0.260 e. The summed E-state index contributed by atoms with van der Waals surface area (Å²) in [7, 11) is 0. The maximum atomic E-state index is 5.96. The Balaban J connectivity index is 2.57. The highest BCUT2D eigenvalue weighted by atomic mass is 79.9. The second-order valence-electron chi connectivity index (χ2n) is 2.47. The molecule has 0 fully saturated rings. The summed E-state index contributed by atoms with van der Waals surface area (Å²) in [5.74, 6) is 0.337. The van der Waals surface area contributed by atoms with Gasteiger partial charge in [-0.2, -0.15) is 4.98 Å². The van der Waals surface area contributed by atoms with Gasteiger partial charge in [0, 0.05) is 0 Å². The van der Waals surface area contributed by atoms with Gasteiger partial charge >= 0.3 is 0 Å². The standard InChI is InChI=1S/C8H3BrCl2N2O/c9-8-12-7(14-13-8)4-2-1-3-5(10)6(4)11/h1-3H. The largest absolute Gasteiger partial charge is 0.333 e. The van der Waals surface area contributed by atoms with Crippen LogP contribution in [0, 0.1) is 0 Å². The molecule has 0 atom stereocenters. The first-order valence-electron chi connectivity index (χ1n) is 3.62. The van der Waals surface area contributed by atoms with E-state index in [0.29, 0.717) is 26.2 Å². The zero-order valence-electron chi connectivity index (χ0n) is 6.67. The minimum Gasteiger partial charge on any atom is -0.333 e. The van der Waals surface area contributed by atoms with E-state index in [4.69, 9.17) is 27.7 Å². The maximum Gasteiger partial charge on any atom is 0.260 e. The molecule has 0 spiro atoms. The van der Waals surface area contributed by atoms with Crippen molar-refractivity contribution in [3.63, 3.8) is 0 Å². The van der Waals surface area contributed by atoms with Crippen LogP contribution in [0.25, 0.3) is 11.5 Å². The topological polar surface area (TPSA) is 38.9 Å². The fraction of sp³-hybridized carbons (Fsp3) is 0. The molecular formula is C8H3BrCl2N2O. The Morgan fingerprint density at radius 3 is 2.71 bits per heavy atom.